The van der Waals surface area contributed by atoms with Crippen molar-refractivity contribution in [3.63, 3.8) is 0 Å². The second-order valence-corrected chi connectivity index (χ2v) is 10.9. The van der Waals surface area contributed by atoms with Gasteiger partial charge in [0.25, 0.3) is 0 Å². The van der Waals surface area contributed by atoms with Crippen LogP contribution in [0.15, 0.2) is 71.6 Å². The van der Waals surface area contributed by atoms with Crippen molar-refractivity contribution in [2.24, 2.45) is 0 Å². The van der Waals surface area contributed by atoms with Crippen LogP contribution in [0.2, 0.25) is 0 Å². The normalized spacial score (nSPS) is 11.3. The van der Waals surface area contributed by atoms with E-state index in [0.29, 0.717) is 35.1 Å². The number of thiazole rings is 1. The Kier molecular flexibility index (Phi) is 9.76. The highest BCUT2D eigenvalue weighted by atomic mass is 32.2. The van der Waals surface area contributed by atoms with E-state index in [0.717, 1.165) is 44.5 Å². The summed E-state index contributed by atoms with van der Waals surface area (Å²) < 4.78 is 54.9. The largest absolute Gasteiger partial charge is 0.497 e. The second kappa shape index (κ2) is 13.2. The third-order valence-corrected chi connectivity index (χ3v) is 8.28. The van der Waals surface area contributed by atoms with Gasteiger partial charge < -0.3 is 14.2 Å². The summed E-state index contributed by atoms with van der Waals surface area (Å²) in [6.45, 7) is 3.81. The zero-order valence-corrected chi connectivity index (χ0v) is 23.8. The fraction of sp³-hybridized carbons (Fsp3) is 0.267. The van der Waals surface area contributed by atoms with Gasteiger partial charge in [0.15, 0.2) is 6.61 Å². The Bertz CT molecular complexity index is 1440. The van der Waals surface area contributed by atoms with Crippen molar-refractivity contribution in [3.8, 4) is 22.1 Å². The summed E-state index contributed by atoms with van der Waals surface area (Å²) in [6.07, 6.45) is -3.81. The molecule has 210 valence electrons. The van der Waals surface area contributed by atoms with Crippen molar-refractivity contribution >= 4 is 29.1 Å². The summed E-state index contributed by atoms with van der Waals surface area (Å²) in [6, 6.07) is 18.6. The highest BCUT2D eigenvalue weighted by Gasteiger charge is 2.30. The Morgan fingerprint density at radius 2 is 1.75 bits per heavy atom. The summed E-state index contributed by atoms with van der Waals surface area (Å²) in [4.78, 5) is 18.5. The Hall–Kier alpha value is -3.50. The Morgan fingerprint density at radius 1 is 1.02 bits per heavy atom. The average Bonchev–Trinajstić information content (AvgIpc) is 3.34. The van der Waals surface area contributed by atoms with Crippen molar-refractivity contribution < 1.29 is 32.2 Å². The zero-order valence-electron chi connectivity index (χ0n) is 22.2. The number of aromatic nitrogens is 1. The number of benzene rings is 3. The fourth-order valence-electron chi connectivity index (χ4n) is 3.86. The minimum absolute atomic E-state index is 0.149. The molecule has 5 nitrogen and oxygen atoms in total. The SMILES string of the molecule is CCOC(=O)COc1ccc(SCc2sc(-c3ccc(C(F)(F)F)cc3)nc2Cc2ccc(OC)cc2)cc1C. The number of carbonyl (C=O) groups excluding carboxylic acids is 1. The molecule has 0 radical (unpaired) electrons. The van der Waals surface area contributed by atoms with Gasteiger partial charge in [-0.1, -0.05) is 24.3 Å². The Balaban J connectivity index is 1.54. The highest BCUT2D eigenvalue weighted by Crippen LogP contribution is 2.36. The maximum Gasteiger partial charge on any atom is 0.416 e. The number of methoxy groups -OCH3 is 1. The molecule has 1 heterocycles. The molecule has 4 rings (SSSR count). The van der Waals surface area contributed by atoms with Crippen LogP contribution in [0.4, 0.5) is 13.2 Å². The van der Waals surface area contributed by atoms with Gasteiger partial charge in [-0.15, -0.1) is 23.1 Å². The number of nitrogens with zero attached hydrogens (tertiary/aromatic N) is 1. The predicted molar refractivity (Wildman–Crippen MR) is 151 cm³/mol. The smallest absolute Gasteiger partial charge is 0.416 e. The van der Waals surface area contributed by atoms with E-state index < -0.39 is 17.7 Å². The molecular weight excluding hydrogens is 559 g/mol. The number of aryl methyl sites for hydroxylation is 1. The van der Waals surface area contributed by atoms with Gasteiger partial charge in [-0.2, -0.15) is 13.2 Å². The number of hydrogen-bond donors (Lipinski definition) is 0. The minimum Gasteiger partial charge on any atom is -0.497 e. The van der Waals surface area contributed by atoms with Crippen molar-refractivity contribution in [2.45, 2.75) is 37.1 Å². The van der Waals surface area contributed by atoms with Crippen molar-refractivity contribution in [1.29, 1.82) is 0 Å². The first-order chi connectivity index (χ1) is 19.2. The van der Waals surface area contributed by atoms with Crippen molar-refractivity contribution in [3.05, 3.63) is 94.0 Å². The first kappa shape index (κ1) is 29.5. The molecule has 0 aliphatic carbocycles. The van der Waals surface area contributed by atoms with E-state index in [1.54, 1.807) is 25.8 Å². The summed E-state index contributed by atoms with van der Waals surface area (Å²) in [5.74, 6) is 1.58. The number of ether oxygens (including phenoxy) is 3. The van der Waals surface area contributed by atoms with Crippen molar-refractivity contribution in [1.82, 2.24) is 4.98 Å². The van der Waals surface area contributed by atoms with Gasteiger partial charge in [-0.05, 0) is 67.4 Å². The third-order valence-electron chi connectivity index (χ3n) is 5.94. The highest BCUT2D eigenvalue weighted by molar-refractivity contribution is 7.98. The molecule has 10 heteroatoms. The molecule has 0 bridgehead atoms. The van der Waals surface area contributed by atoms with E-state index in [1.165, 1.54) is 23.5 Å². The first-order valence-corrected chi connectivity index (χ1v) is 14.3. The number of carbonyl (C=O) groups is 1. The van der Waals surface area contributed by atoms with Crippen LogP contribution in [0.1, 0.15) is 34.2 Å². The van der Waals surface area contributed by atoms with Crippen LogP contribution in [0, 0.1) is 6.92 Å². The molecule has 0 saturated carbocycles. The quantitative estimate of drug-likeness (QED) is 0.131. The van der Waals surface area contributed by atoms with Crippen LogP contribution >= 0.6 is 23.1 Å². The van der Waals surface area contributed by atoms with E-state index in [2.05, 4.69) is 0 Å². The Morgan fingerprint density at radius 3 is 2.38 bits per heavy atom. The molecule has 0 spiro atoms. The number of halogens is 3. The topological polar surface area (TPSA) is 57.7 Å². The predicted octanol–water partition coefficient (Wildman–Crippen LogP) is 7.97. The monoisotopic (exact) mass is 587 g/mol. The molecule has 3 aromatic carbocycles. The maximum absolute atomic E-state index is 13.1. The molecule has 1 aromatic heterocycles. The van der Waals surface area contributed by atoms with Crippen LogP contribution in [0.3, 0.4) is 0 Å². The standard InChI is InChI=1S/C30H28F3NO4S2/c1-4-37-28(35)17-38-26-14-13-24(15-19(26)2)39-18-27-25(16-20-5-11-23(36-3)12-6-20)34-29(40-27)21-7-9-22(10-8-21)30(31,32)33/h5-15H,4,16-18H2,1-3H3. The Labute approximate surface area is 239 Å². The molecule has 0 amide bonds. The maximum atomic E-state index is 13.1. The molecule has 0 N–H and O–H groups in total. The molecule has 0 unspecified atom stereocenters. The molecule has 0 aliphatic rings. The number of alkyl halides is 3. The first-order valence-electron chi connectivity index (χ1n) is 12.5. The van der Waals surface area contributed by atoms with Gasteiger partial charge in [0, 0.05) is 27.5 Å². The average molecular weight is 588 g/mol. The van der Waals surface area contributed by atoms with Gasteiger partial charge in [-0.3, -0.25) is 0 Å². The summed E-state index contributed by atoms with van der Waals surface area (Å²) in [5, 5.41) is 0.673. The zero-order chi connectivity index (χ0) is 28.7. The van der Waals surface area contributed by atoms with Crippen LogP contribution in [-0.2, 0) is 27.9 Å². The van der Waals surface area contributed by atoms with Crippen LogP contribution < -0.4 is 9.47 Å². The molecule has 0 atom stereocenters. The summed E-state index contributed by atoms with van der Waals surface area (Å²) in [5.41, 5.74) is 2.78. The van der Waals surface area contributed by atoms with Gasteiger partial charge in [-0.25, -0.2) is 9.78 Å². The second-order valence-electron chi connectivity index (χ2n) is 8.80. The number of esters is 1. The van der Waals surface area contributed by atoms with E-state index in [-0.39, 0.29) is 6.61 Å². The van der Waals surface area contributed by atoms with E-state index in [1.807, 2.05) is 49.4 Å². The molecule has 0 fully saturated rings. The minimum atomic E-state index is -4.39. The van der Waals surface area contributed by atoms with Gasteiger partial charge in [0.1, 0.15) is 16.5 Å². The molecule has 0 saturated heterocycles. The molecule has 4 aromatic rings. The van der Waals surface area contributed by atoms with E-state index >= 15 is 0 Å². The lowest BCUT2D eigenvalue weighted by Crippen LogP contribution is -2.14. The summed E-state index contributed by atoms with van der Waals surface area (Å²) in [7, 11) is 1.61. The number of thioether (sulfide) groups is 1. The van der Waals surface area contributed by atoms with Crippen molar-refractivity contribution in [2.75, 3.05) is 20.3 Å². The van der Waals surface area contributed by atoms with E-state index in [4.69, 9.17) is 19.2 Å². The fourth-order valence-corrected chi connectivity index (χ4v) is 6.04. The number of rotatable bonds is 11. The lowest BCUT2D eigenvalue weighted by atomic mass is 10.1. The van der Waals surface area contributed by atoms with Crippen LogP contribution in [0.25, 0.3) is 10.6 Å². The van der Waals surface area contributed by atoms with Gasteiger partial charge in [0.05, 0.1) is 25.0 Å². The van der Waals surface area contributed by atoms with Crippen LogP contribution in [-0.4, -0.2) is 31.3 Å². The molecular formula is C30H28F3NO4S2. The van der Waals surface area contributed by atoms with Gasteiger partial charge in [0.2, 0.25) is 0 Å². The third kappa shape index (κ3) is 7.79. The molecule has 40 heavy (non-hydrogen) atoms. The molecule has 0 aliphatic heterocycles. The summed E-state index contributed by atoms with van der Waals surface area (Å²) >= 11 is 3.11. The number of hydrogen-bond acceptors (Lipinski definition) is 7. The van der Waals surface area contributed by atoms with Gasteiger partial charge >= 0.3 is 12.1 Å². The van der Waals surface area contributed by atoms with Crippen LogP contribution in [0.5, 0.6) is 11.5 Å². The lowest BCUT2D eigenvalue weighted by Gasteiger charge is -2.10. The van der Waals surface area contributed by atoms with E-state index in [9.17, 15) is 18.0 Å². The lowest BCUT2D eigenvalue weighted by molar-refractivity contribution is -0.145.